The molecule has 170 valence electrons. The Labute approximate surface area is 190 Å². The van der Waals surface area contributed by atoms with Crippen molar-refractivity contribution >= 4 is 11.8 Å². The minimum absolute atomic E-state index is 0.261. The Morgan fingerprint density at radius 3 is 2.24 bits per heavy atom. The van der Waals surface area contributed by atoms with Gasteiger partial charge in [-0.15, -0.1) is 0 Å². The molecule has 1 aliphatic rings. The van der Waals surface area contributed by atoms with E-state index in [2.05, 4.69) is 10.3 Å². The number of halogens is 1. The fraction of sp³-hybridized carbons (Fsp3) is 0.240. The van der Waals surface area contributed by atoms with E-state index in [4.69, 9.17) is 9.94 Å². The van der Waals surface area contributed by atoms with Gasteiger partial charge >= 0.3 is 0 Å². The smallest absolute Gasteiger partial charge is 0.274 e. The number of pyridine rings is 1. The van der Waals surface area contributed by atoms with E-state index in [0.717, 1.165) is 29.5 Å². The van der Waals surface area contributed by atoms with Crippen molar-refractivity contribution in [3.05, 3.63) is 100 Å². The van der Waals surface area contributed by atoms with Crippen LogP contribution in [0.25, 0.3) is 0 Å². The maximum absolute atomic E-state index is 12.9. The van der Waals surface area contributed by atoms with Gasteiger partial charge in [0.1, 0.15) is 18.0 Å². The molecule has 2 amide bonds. The van der Waals surface area contributed by atoms with Crippen molar-refractivity contribution in [1.29, 1.82) is 0 Å². The van der Waals surface area contributed by atoms with Crippen molar-refractivity contribution in [3.63, 3.8) is 0 Å². The zero-order valence-corrected chi connectivity index (χ0v) is 17.9. The molecule has 33 heavy (non-hydrogen) atoms. The van der Waals surface area contributed by atoms with Crippen molar-refractivity contribution in [2.24, 2.45) is 0 Å². The van der Waals surface area contributed by atoms with Gasteiger partial charge in [0.15, 0.2) is 0 Å². The number of hydroxylamine groups is 1. The lowest BCUT2D eigenvalue weighted by Gasteiger charge is -2.29. The Morgan fingerprint density at radius 2 is 1.67 bits per heavy atom. The van der Waals surface area contributed by atoms with Crippen LogP contribution in [-0.4, -0.2) is 28.6 Å². The summed E-state index contributed by atoms with van der Waals surface area (Å²) in [7, 11) is 0. The summed E-state index contributed by atoms with van der Waals surface area (Å²) in [6.07, 6.45) is 3.33. The van der Waals surface area contributed by atoms with Crippen LogP contribution < -0.4 is 10.8 Å². The molecule has 1 atom stereocenters. The second-order valence-electron chi connectivity index (χ2n) is 7.86. The second kappa shape index (κ2) is 9.89. The third-order valence-corrected chi connectivity index (χ3v) is 5.83. The van der Waals surface area contributed by atoms with Crippen LogP contribution in [0, 0.1) is 0 Å². The number of alkyl halides is 1. The fourth-order valence-corrected chi connectivity index (χ4v) is 4.00. The first-order valence-corrected chi connectivity index (χ1v) is 10.6. The Bertz CT molecular complexity index is 1110. The molecular formula is C25H24FN3O4. The highest BCUT2D eigenvalue weighted by Crippen LogP contribution is 2.42. The molecule has 0 aliphatic carbocycles. The average molecular weight is 449 g/mol. The predicted molar refractivity (Wildman–Crippen MR) is 118 cm³/mol. The van der Waals surface area contributed by atoms with Gasteiger partial charge in [-0.1, -0.05) is 42.5 Å². The van der Waals surface area contributed by atoms with Gasteiger partial charge in [-0.2, -0.15) is 0 Å². The molecule has 0 radical (unpaired) electrons. The minimum atomic E-state index is -0.653. The van der Waals surface area contributed by atoms with Crippen molar-refractivity contribution in [3.8, 4) is 0 Å². The molecule has 1 aromatic heterocycles. The fourth-order valence-electron chi connectivity index (χ4n) is 4.00. The van der Waals surface area contributed by atoms with Crippen LogP contribution in [0.2, 0.25) is 0 Å². The van der Waals surface area contributed by atoms with Gasteiger partial charge in [0.2, 0.25) is 0 Å². The van der Waals surface area contributed by atoms with Crippen molar-refractivity contribution < 1.29 is 23.9 Å². The van der Waals surface area contributed by atoms with Crippen LogP contribution in [0.15, 0.2) is 66.9 Å². The lowest BCUT2D eigenvalue weighted by molar-refractivity contribution is 0.0356. The number of aromatic nitrogens is 1. The summed E-state index contributed by atoms with van der Waals surface area (Å²) in [6, 6.07) is 17.3. The number of ether oxygens (including phenoxy) is 1. The van der Waals surface area contributed by atoms with Crippen LogP contribution in [0.4, 0.5) is 4.39 Å². The number of carbonyl (C=O) groups is 2. The number of rotatable bonds is 7. The molecule has 2 aromatic carbocycles. The third kappa shape index (κ3) is 4.76. The molecule has 2 heterocycles. The summed E-state index contributed by atoms with van der Waals surface area (Å²) in [5.41, 5.74) is 4.71. The molecule has 0 saturated carbocycles. The standard InChI is InChI=1S/C25H24FN3O4/c26-14-17-4-8-20(9-5-17)25(12-1-13-33-25)21-10-11-22(27-16-21)24(31)28-15-18-2-6-19(7-3-18)23(30)29-32/h2-11,16,32H,1,12-15H2,(H,28,31)(H,29,30). The molecule has 4 rings (SSSR count). The largest absolute Gasteiger partial charge is 0.365 e. The van der Waals surface area contributed by atoms with Crippen molar-refractivity contribution in [1.82, 2.24) is 15.8 Å². The number of benzene rings is 2. The van der Waals surface area contributed by atoms with E-state index in [0.29, 0.717) is 17.7 Å². The number of hydrogen-bond donors (Lipinski definition) is 3. The SMILES string of the molecule is O=C(NO)c1ccc(CNC(=O)c2ccc(C3(c4ccc(CF)cc4)CCCO3)cn2)cc1. The molecule has 1 saturated heterocycles. The third-order valence-electron chi connectivity index (χ3n) is 5.83. The number of nitrogens with one attached hydrogen (secondary N) is 2. The lowest BCUT2D eigenvalue weighted by Crippen LogP contribution is -2.28. The summed E-state index contributed by atoms with van der Waals surface area (Å²) in [4.78, 5) is 28.3. The molecule has 0 spiro atoms. The van der Waals surface area contributed by atoms with Crippen LogP contribution in [0.1, 0.15) is 55.9 Å². The molecule has 3 aromatic rings. The highest BCUT2D eigenvalue weighted by atomic mass is 19.1. The van der Waals surface area contributed by atoms with Crippen LogP contribution in [-0.2, 0) is 23.6 Å². The summed E-state index contributed by atoms with van der Waals surface area (Å²) in [5, 5.41) is 11.5. The summed E-state index contributed by atoms with van der Waals surface area (Å²) < 4.78 is 19.1. The maximum atomic E-state index is 12.9. The molecular weight excluding hydrogens is 425 g/mol. The van der Waals surface area contributed by atoms with Gasteiger partial charge in [0.05, 0.1) is 0 Å². The second-order valence-corrected chi connectivity index (χ2v) is 7.86. The lowest BCUT2D eigenvalue weighted by atomic mass is 9.84. The minimum Gasteiger partial charge on any atom is -0.365 e. The number of hydrogen-bond acceptors (Lipinski definition) is 5. The summed E-state index contributed by atoms with van der Waals surface area (Å²) in [6.45, 7) is 0.366. The molecule has 3 N–H and O–H groups in total. The highest BCUT2D eigenvalue weighted by molar-refractivity contribution is 5.93. The number of amides is 2. The number of nitrogens with zero attached hydrogens (tertiary/aromatic N) is 1. The first-order chi connectivity index (χ1) is 16.1. The van der Waals surface area contributed by atoms with Crippen LogP contribution in [0.3, 0.4) is 0 Å². The van der Waals surface area contributed by atoms with Crippen LogP contribution in [0.5, 0.6) is 0 Å². The van der Waals surface area contributed by atoms with Gasteiger partial charge < -0.3 is 10.1 Å². The molecule has 8 heteroatoms. The van der Waals surface area contributed by atoms with E-state index in [1.807, 2.05) is 18.2 Å². The Balaban J connectivity index is 1.45. The highest BCUT2D eigenvalue weighted by Gasteiger charge is 2.39. The van der Waals surface area contributed by atoms with Gasteiger partial charge in [-0.25, -0.2) is 9.87 Å². The van der Waals surface area contributed by atoms with E-state index in [1.54, 1.807) is 54.1 Å². The van der Waals surface area contributed by atoms with Gasteiger partial charge in [0.25, 0.3) is 11.8 Å². The van der Waals surface area contributed by atoms with E-state index < -0.39 is 18.2 Å². The zero-order valence-electron chi connectivity index (χ0n) is 17.9. The Kier molecular flexibility index (Phi) is 6.76. The average Bonchev–Trinajstić information content (AvgIpc) is 3.38. The predicted octanol–water partition coefficient (Wildman–Crippen LogP) is 3.65. The van der Waals surface area contributed by atoms with Crippen molar-refractivity contribution in [2.45, 2.75) is 31.7 Å². The monoisotopic (exact) mass is 449 g/mol. The molecule has 1 fully saturated rings. The van der Waals surface area contributed by atoms with Crippen LogP contribution >= 0.6 is 0 Å². The molecule has 7 nitrogen and oxygen atoms in total. The molecule has 1 aliphatic heterocycles. The van der Waals surface area contributed by atoms with E-state index >= 15 is 0 Å². The van der Waals surface area contributed by atoms with Gasteiger partial charge in [-0.05, 0) is 47.7 Å². The van der Waals surface area contributed by atoms with E-state index in [-0.39, 0.29) is 18.1 Å². The maximum Gasteiger partial charge on any atom is 0.274 e. The van der Waals surface area contributed by atoms with E-state index in [1.165, 1.54) is 0 Å². The van der Waals surface area contributed by atoms with E-state index in [9.17, 15) is 14.0 Å². The summed E-state index contributed by atoms with van der Waals surface area (Å²) >= 11 is 0. The molecule has 0 bridgehead atoms. The first kappa shape index (κ1) is 22.6. The molecule has 1 unspecified atom stereocenters. The van der Waals surface area contributed by atoms with Gasteiger partial charge in [0, 0.05) is 30.5 Å². The van der Waals surface area contributed by atoms with Crippen molar-refractivity contribution in [2.75, 3.05) is 6.61 Å². The number of carbonyl (C=O) groups excluding carboxylic acids is 2. The van der Waals surface area contributed by atoms with Gasteiger partial charge in [-0.3, -0.25) is 19.8 Å². The summed E-state index contributed by atoms with van der Waals surface area (Å²) in [5.74, 6) is -0.926. The topological polar surface area (TPSA) is 101 Å². The Hall–Kier alpha value is -3.62. The Morgan fingerprint density at radius 1 is 0.970 bits per heavy atom. The first-order valence-electron chi connectivity index (χ1n) is 10.6. The quantitative estimate of drug-likeness (QED) is 0.378. The normalized spacial score (nSPS) is 17.5. The zero-order chi connectivity index (χ0) is 23.3.